The second kappa shape index (κ2) is 12.1. The lowest BCUT2D eigenvalue weighted by Gasteiger charge is -2.35. The van der Waals surface area contributed by atoms with E-state index in [1.54, 1.807) is 32.6 Å². The number of ether oxygens (including phenoxy) is 1. The Labute approximate surface area is 191 Å². The number of nitrogens with zero attached hydrogens (tertiary/aromatic N) is 1. The number of nitrogens with one attached hydrogen (secondary N) is 2. The van der Waals surface area contributed by atoms with Gasteiger partial charge in [0.15, 0.2) is 0 Å². The molecule has 0 aromatic rings. The number of piperidine rings is 1. The molecule has 3 N–H and O–H groups in total. The van der Waals surface area contributed by atoms with Gasteiger partial charge in [-0.05, 0) is 51.9 Å². The van der Waals surface area contributed by atoms with Crippen molar-refractivity contribution in [3.63, 3.8) is 0 Å². The molecule has 1 aliphatic rings. The summed E-state index contributed by atoms with van der Waals surface area (Å²) in [5, 5.41) is 14.8. The van der Waals surface area contributed by atoms with Gasteiger partial charge in [-0.1, -0.05) is 34.1 Å². The highest BCUT2D eigenvalue weighted by molar-refractivity contribution is 5.87. The van der Waals surface area contributed by atoms with Gasteiger partial charge < -0.3 is 25.4 Å². The van der Waals surface area contributed by atoms with E-state index >= 15 is 0 Å². The molecule has 9 nitrogen and oxygen atoms in total. The van der Waals surface area contributed by atoms with Crippen LogP contribution in [-0.4, -0.2) is 64.7 Å². The minimum atomic E-state index is -1.04. The van der Waals surface area contributed by atoms with Crippen LogP contribution in [0.5, 0.6) is 0 Å². The SMILES string of the molecule is CC[C@@H](C)[C@H](NC(=O)C1CCN(C(=O)[C@H](CC(C)C)NC(=O)OC(C)(C)C)CC1)C(=O)O. The van der Waals surface area contributed by atoms with E-state index in [0.717, 1.165) is 0 Å². The van der Waals surface area contributed by atoms with Crippen molar-refractivity contribution in [1.29, 1.82) is 0 Å². The number of carboxylic acids is 1. The molecule has 1 rings (SSSR count). The molecule has 0 aromatic heterocycles. The molecule has 0 aromatic carbocycles. The minimum Gasteiger partial charge on any atom is -0.480 e. The number of amides is 3. The van der Waals surface area contributed by atoms with Gasteiger partial charge in [0.25, 0.3) is 0 Å². The van der Waals surface area contributed by atoms with Gasteiger partial charge in [-0.2, -0.15) is 0 Å². The minimum absolute atomic E-state index is 0.172. The number of carbonyl (C=O) groups excluding carboxylic acids is 3. The molecule has 1 saturated heterocycles. The Kier molecular flexibility index (Phi) is 10.4. The fourth-order valence-electron chi connectivity index (χ4n) is 3.68. The zero-order valence-electron chi connectivity index (χ0n) is 20.6. The van der Waals surface area contributed by atoms with Crippen molar-refractivity contribution in [3.05, 3.63) is 0 Å². The number of rotatable bonds is 9. The number of hydrogen-bond acceptors (Lipinski definition) is 5. The molecular formula is C23H41N3O6. The number of carbonyl (C=O) groups is 4. The Balaban J connectivity index is 2.71. The fraction of sp³-hybridized carbons (Fsp3) is 0.826. The van der Waals surface area contributed by atoms with Gasteiger partial charge in [0.1, 0.15) is 17.7 Å². The van der Waals surface area contributed by atoms with Crippen molar-refractivity contribution in [2.24, 2.45) is 17.8 Å². The Morgan fingerprint density at radius 1 is 1.06 bits per heavy atom. The maximum atomic E-state index is 13.1. The van der Waals surface area contributed by atoms with E-state index in [-0.39, 0.29) is 29.6 Å². The summed E-state index contributed by atoms with van der Waals surface area (Å²) in [6, 6.07) is -1.61. The van der Waals surface area contributed by atoms with Crippen molar-refractivity contribution in [2.75, 3.05) is 13.1 Å². The van der Waals surface area contributed by atoms with E-state index < -0.39 is 29.7 Å². The molecule has 0 radical (unpaired) electrons. The molecule has 9 heteroatoms. The topological polar surface area (TPSA) is 125 Å². The van der Waals surface area contributed by atoms with Crippen LogP contribution in [0.15, 0.2) is 0 Å². The van der Waals surface area contributed by atoms with Crippen LogP contribution >= 0.6 is 0 Å². The number of likely N-dealkylation sites (tertiary alicyclic amines) is 1. The average Bonchev–Trinajstić information content (AvgIpc) is 2.68. The maximum absolute atomic E-state index is 13.1. The van der Waals surface area contributed by atoms with Crippen LogP contribution in [0.1, 0.15) is 74.1 Å². The van der Waals surface area contributed by atoms with Crippen molar-refractivity contribution in [1.82, 2.24) is 15.5 Å². The Morgan fingerprint density at radius 3 is 2.06 bits per heavy atom. The highest BCUT2D eigenvalue weighted by atomic mass is 16.6. The summed E-state index contributed by atoms with van der Waals surface area (Å²) in [5.41, 5.74) is -0.662. The molecule has 1 heterocycles. The van der Waals surface area contributed by atoms with Gasteiger partial charge in [0.05, 0.1) is 0 Å². The largest absolute Gasteiger partial charge is 0.480 e. The van der Waals surface area contributed by atoms with Gasteiger partial charge in [0, 0.05) is 19.0 Å². The number of alkyl carbamates (subject to hydrolysis) is 1. The molecule has 1 aliphatic heterocycles. The third-order valence-electron chi connectivity index (χ3n) is 5.65. The van der Waals surface area contributed by atoms with E-state index in [1.807, 2.05) is 20.8 Å². The summed E-state index contributed by atoms with van der Waals surface area (Å²) < 4.78 is 5.30. The lowest BCUT2D eigenvalue weighted by atomic mass is 9.93. The molecule has 0 unspecified atom stereocenters. The third-order valence-corrected chi connectivity index (χ3v) is 5.65. The Hall–Kier alpha value is -2.32. The monoisotopic (exact) mass is 455 g/mol. The standard InChI is InChI=1S/C23H41N3O6/c1-8-15(4)18(21(29)30)25-19(27)16-9-11-26(12-10-16)20(28)17(13-14(2)3)24-22(31)32-23(5,6)7/h14-18H,8-13H2,1-7H3,(H,24,31)(H,25,27)(H,29,30)/t15-,17+,18+/m1/s1. The van der Waals surface area contributed by atoms with Crippen LogP contribution in [0.3, 0.4) is 0 Å². The normalized spacial score (nSPS) is 17.9. The molecule has 184 valence electrons. The summed E-state index contributed by atoms with van der Waals surface area (Å²) >= 11 is 0. The van der Waals surface area contributed by atoms with Crippen molar-refractivity contribution < 1.29 is 29.0 Å². The molecule has 0 saturated carbocycles. The van der Waals surface area contributed by atoms with Crippen molar-refractivity contribution >= 4 is 23.9 Å². The van der Waals surface area contributed by atoms with Crippen LogP contribution in [0.2, 0.25) is 0 Å². The molecule has 0 spiro atoms. The van der Waals surface area contributed by atoms with Crippen LogP contribution in [0.25, 0.3) is 0 Å². The second-order valence-corrected chi connectivity index (χ2v) is 10.1. The smallest absolute Gasteiger partial charge is 0.408 e. The zero-order chi connectivity index (χ0) is 24.6. The van der Waals surface area contributed by atoms with E-state index in [2.05, 4.69) is 10.6 Å². The lowest BCUT2D eigenvalue weighted by Crippen LogP contribution is -2.53. The summed E-state index contributed by atoms with van der Waals surface area (Å²) in [5.74, 6) is -1.83. The summed E-state index contributed by atoms with van der Waals surface area (Å²) in [7, 11) is 0. The molecule has 0 aliphatic carbocycles. The molecule has 3 atom stereocenters. The van der Waals surface area contributed by atoms with Crippen LogP contribution in [-0.2, 0) is 19.1 Å². The third kappa shape index (κ3) is 9.04. The van der Waals surface area contributed by atoms with Crippen molar-refractivity contribution in [2.45, 2.75) is 91.8 Å². The highest BCUT2D eigenvalue weighted by Gasteiger charge is 2.34. The number of aliphatic carboxylic acids is 1. The van der Waals surface area contributed by atoms with Crippen molar-refractivity contribution in [3.8, 4) is 0 Å². The van der Waals surface area contributed by atoms with E-state index in [4.69, 9.17) is 4.74 Å². The van der Waals surface area contributed by atoms with E-state index in [9.17, 15) is 24.3 Å². The summed E-state index contributed by atoms with van der Waals surface area (Å²) in [6.07, 6.45) is 1.39. The predicted molar refractivity (Wildman–Crippen MR) is 121 cm³/mol. The predicted octanol–water partition coefficient (Wildman–Crippen LogP) is 2.78. The molecule has 3 amide bonds. The van der Waals surface area contributed by atoms with E-state index in [1.165, 1.54) is 0 Å². The van der Waals surface area contributed by atoms with E-state index in [0.29, 0.717) is 38.8 Å². The molecular weight excluding hydrogens is 414 g/mol. The number of hydrogen-bond donors (Lipinski definition) is 3. The molecule has 0 bridgehead atoms. The fourth-order valence-corrected chi connectivity index (χ4v) is 3.68. The van der Waals surface area contributed by atoms with Gasteiger partial charge in [-0.3, -0.25) is 9.59 Å². The van der Waals surface area contributed by atoms with Gasteiger partial charge in [-0.25, -0.2) is 9.59 Å². The lowest BCUT2D eigenvalue weighted by molar-refractivity contribution is -0.144. The van der Waals surface area contributed by atoms with Crippen LogP contribution in [0, 0.1) is 17.8 Å². The van der Waals surface area contributed by atoms with Crippen LogP contribution < -0.4 is 10.6 Å². The first-order valence-electron chi connectivity index (χ1n) is 11.6. The first kappa shape index (κ1) is 27.7. The quantitative estimate of drug-likeness (QED) is 0.491. The number of carboxylic acid groups (broad SMARTS) is 1. The average molecular weight is 456 g/mol. The maximum Gasteiger partial charge on any atom is 0.408 e. The first-order valence-corrected chi connectivity index (χ1v) is 11.6. The summed E-state index contributed by atoms with van der Waals surface area (Å²) in [4.78, 5) is 51.1. The Morgan fingerprint density at radius 2 is 1.62 bits per heavy atom. The highest BCUT2D eigenvalue weighted by Crippen LogP contribution is 2.21. The van der Waals surface area contributed by atoms with Crippen LogP contribution in [0.4, 0.5) is 4.79 Å². The second-order valence-electron chi connectivity index (χ2n) is 10.1. The Bertz CT molecular complexity index is 665. The van der Waals surface area contributed by atoms with Gasteiger partial charge in [-0.15, -0.1) is 0 Å². The molecule has 1 fully saturated rings. The van der Waals surface area contributed by atoms with Gasteiger partial charge >= 0.3 is 12.1 Å². The molecule has 32 heavy (non-hydrogen) atoms. The zero-order valence-corrected chi connectivity index (χ0v) is 20.6. The summed E-state index contributed by atoms with van der Waals surface area (Å²) in [6.45, 7) is 13.7. The first-order chi connectivity index (χ1) is 14.7. The van der Waals surface area contributed by atoms with Gasteiger partial charge in [0.2, 0.25) is 11.8 Å².